The minimum atomic E-state index is -4.48. The molecule has 0 saturated heterocycles. The number of benzene rings is 2. The van der Waals surface area contributed by atoms with E-state index in [0.29, 0.717) is 11.1 Å². The lowest BCUT2D eigenvalue weighted by Crippen LogP contribution is -2.14. The van der Waals surface area contributed by atoms with Gasteiger partial charge in [0.15, 0.2) is 11.6 Å². The minimum absolute atomic E-state index is 0.0989. The van der Waals surface area contributed by atoms with Gasteiger partial charge >= 0.3 is 6.18 Å². The number of rotatable bonds is 1. The third kappa shape index (κ3) is 2.27. The lowest BCUT2D eigenvalue weighted by Gasteiger charge is -2.13. The normalized spacial score (nSPS) is 15.3. The molecule has 1 aliphatic rings. The van der Waals surface area contributed by atoms with Gasteiger partial charge in [-0.3, -0.25) is 9.59 Å². The lowest BCUT2D eigenvalue weighted by atomic mass is 9.93. The topological polar surface area (TPSA) is 34.1 Å². The Kier molecular flexibility index (Phi) is 3.44. The van der Waals surface area contributed by atoms with E-state index < -0.39 is 17.7 Å². The van der Waals surface area contributed by atoms with Crippen molar-refractivity contribution in [3.05, 3.63) is 69.2 Å². The van der Waals surface area contributed by atoms with Gasteiger partial charge < -0.3 is 0 Å². The van der Waals surface area contributed by atoms with Gasteiger partial charge in [-0.1, -0.05) is 46.3 Å². The Bertz CT molecular complexity index is 761. The summed E-state index contributed by atoms with van der Waals surface area (Å²) in [5.41, 5.74) is 0.0336. The monoisotopic (exact) mass is 368 g/mol. The fraction of sp³-hybridized carbons (Fsp3) is 0.125. The lowest BCUT2D eigenvalue weighted by molar-refractivity contribution is -0.137. The molecule has 22 heavy (non-hydrogen) atoms. The third-order valence-electron chi connectivity index (χ3n) is 3.62. The Morgan fingerprint density at radius 1 is 0.909 bits per heavy atom. The summed E-state index contributed by atoms with van der Waals surface area (Å²) in [6.07, 6.45) is -4.48. The fourth-order valence-electron chi connectivity index (χ4n) is 2.56. The Labute approximate surface area is 132 Å². The molecular weight excluding hydrogens is 361 g/mol. The second-order valence-corrected chi connectivity index (χ2v) is 5.80. The first-order chi connectivity index (χ1) is 10.3. The van der Waals surface area contributed by atoms with Gasteiger partial charge in [0.25, 0.3) is 0 Å². The average Bonchev–Trinajstić information content (AvgIpc) is 2.71. The molecule has 2 aromatic carbocycles. The zero-order valence-electron chi connectivity index (χ0n) is 10.9. The molecule has 0 heterocycles. The molecule has 3 rings (SSSR count). The first kappa shape index (κ1) is 15.0. The zero-order valence-corrected chi connectivity index (χ0v) is 12.5. The Balaban J connectivity index is 2.07. The van der Waals surface area contributed by atoms with Crippen LogP contribution in [0.5, 0.6) is 0 Å². The second kappa shape index (κ2) is 5.05. The summed E-state index contributed by atoms with van der Waals surface area (Å²) in [6.45, 7) is 0. The van der Waals surface area contributed by atoms with Crippen molar-refractivity contribution in [1.29, 1.82) is 0 Å². The predicted octanol–water partition coefficient (Wildman–Crippen LogP) is 4.63. The fourth-order valence-corrected chi connectivity index (χ4v) is 3.17. The number of ketones is 2. The van der Waals surface area contributed by atoms with Crippen LogP contribution in [0.2, 0.25) is 0 Å². The maximum Gasteiger partial charge on any atom is 0.416 e. The van der Waals surface area contributed by atoms with E-state index in [9.17, 15) is 22.8 Å². The van der Waals surface area contributed by atoms with E-state index in [0.717, 1.165) is 12.1 Å². The van der Waals surface area contributed by atoms with Gasteiger partial charge in [0.1, 0.15) is 5.92 Å². The number of carbonyl (C=O) groups is 2. The molecule has 0 amide bonds. The highest BCUT2D eigenvalue weighted by Gasteiger charge is 2.41. The van der Waals surface area contributed by atoms with Crippen molar-refractivity contribution in [1.82, 2.24) is 0 Å². The molecule has 112 valence electrons. The highest BCUT2D eigenvalue weighted by Crippen LogP contribution is 2.39. The van der Waals surface area contributed by atoms with E-state index in [1.165, 1.54) is 6.07 Å². The van der Waals surface area contributed by atoms with Gasteiger partial charge in [0.2, 0.25) is 0 Å². The summed E-state index contributed by atoms with van der Waals surface area (Å²) in [6, 6.07) is 9.34. The maximum absolute atomic E-state index is 12.7. The first-order valence-electron chi connectivity index (χ1n) is 6.35. The number of alkyl halides is 3. The third-order valence-corrected chi connectivity index (χ3v) is 4.31. The average molecular weight is 369 g/mol. The van der Waals surface area contributed by atoms with Gasteiger partial charge in [-0.25, -0.2) is 0 Å². The first-order valence-corrected chi connectivity index (χ1v) is 7.14. The van der Waals surface area contributed by atoms with Crippen LogP contribution in [0.4, 0.5) is 13.2 Å². The van der Waals surface area contributed by atoms with Crippen LogP contribution < -0.4 is 0 Å². The van der Waals surface area contributed by atoms with Crippen molar-refractivity contribution in [2.24, 2.45) is 0 Å². The smallest absolute Gasteiger partial charge is 0.293 e. The van der Waals surface area contributed by atoms with Gasteiger partial charge in [0.05, 0.1) is 5.56 Å². The van der Waals surface area contributed by atoms with E-state index in [4.69, 9.17) is 0 Å². The number of fused-ring (bicyclic) bond motifs is 1. The summed E-state index contributed by atoms with van der Waals surface area (Å²) in [5.74, 6) is -1.86. The van der Waals surface area contributed by atoms with Gasteiger partial charge in [-0.2, -0.15) is 13.2 Å². The van der Waals surface area contributed by atoms with Crippen molar-refractivity contribution >= 4 is 27.5 Å². The number of hydrogen-bond acceptors (Lipinski definition) is 2. The summed E-state index contributed by atoms with van der Waals surface area (Å²) >= 11 is 3.04. The van der Waals surface area contributed by atoms with Crippen molar-refractivity contribution < 1.29 is 22.8 Å². The molecule has 2 nitrogen and oxygen atoms in total. The molecule has 0 unspecified atom stereocenters. The molecule has 0 bridgehead atoms. The molecule has 0 atom stereocenters. The van der Waals surface area contributed by atoms with Crippen LogP contribution in [0.1, 0.15) is 37.8 Å². The number of carbonyl (C=O) groups excluding carboxylic acids is 2. The van der Waals surface area contributed by atoms with Gasteiger partial charge in [0, 0.05) is 15.6 Å². The van der Waals surface area contributed by atoms with Crippen molar-refractivity contribution in [3.8, 4) is 0 Å². The highest BCUT2D eigenvalue weighted by molar-refractivity contribution is 9.10. The standard InChI is InChI=1S/C16H8BrF3O2/c17-12-7-8(16(18,19)20)5-6-11(12)13-14(21)9-3-1-2-4-10(9)15(13)22/h1-7,13H. The molecule has 6 heteroatoms. The van der Waals surface area contributed by atoms with Crippen LogP contribution in [0, 0.1) is 0 Å². The van der Waals surface area contributed by atoms with Crippen LogP contribution in [0.15, 0.2) is 46.9 Å². The maximum atomic E-state index is 12.7. The van der Waals surface area contributed by atoms with Crippen molar-refractivity contribution in [2.45, 2.75) is 12.1 Å². The number of halogens is 4. The zero-order chi connectivity index (χ0) is 16.1. The molecule has 2 aromatic rings. The van der Waals surface area contributed by atoms with E-state index in [1.807, 2.05) is 0 Å². The minimum Gasteiger partial charge on any atom is -0.293 e. The number of Topliss-reactive ketones (excluding diaryl/α,β-unsaturated/α-hetero) is 2. The van der Waals surface area contributed by atoms with Crippen LogP contribution in [0.3, 0.4) is 0 Å². The summed E-state index contributed by atoms with van der Waals surface area (Å²) in [4.78, 5) is 24.8. The molecule has 0 spiro atoms. The van der Waals surface area contributed by atoms with E-state index in [2.05, 4.69) is 15.9 Å². The van der Waals surface area contributed by atoms with Crippen LogP contribution in [-0.2, 0) is 6.18 Å². The van der Waals surface area contributed by atoms with Crippen molar-refractivity contribution in [2.75, 3.05) is 0 Å². The highest BCUT2D eigenvalue weighted by atomic mass is 79.9. The molecule has 0 aliphatic heterocycles. The van der Waals surface area contributed by atoms with E-state index in [-0.39, 0.29) is 21.6 Å². The summed E-state index contributed by atoms with van der Waals surface area (Å²) in [7, 11) is 0. The Hall–Kier alpha value is -1.95. The number of hydrogen-bond donors (Lipinski definition) is 0. The molecular formula is C16H8BrF3O2. The Morgan fingerprint density at radius 3 is 1.91 bits per heavy atom. The summed E-state index contributed by atoms with van der Waals surface area (Å²) in [5, 5.41) is 0. The molecule has 1 aliphatic carbocycles. The Morgan fingerprint density at radius 2 is 1.45 bits per heavy atom. The molecule has 0 radical (unpaired) electrons. The molecule has 0 aromatic heterocycles. The van der Waals surface area contributed by atoms with Crippen LogP contribution >= 0.6 is 15.9 Å². The molecule has 0 saturated carbocycles. The second-order valence-electron chi connectivity index (χ2n) is 4.94. The van der Waals surface area contributed by atoms with E-state index in [1.54, 1.807) is 24.3 Å². The van der Waals surface area contributed by atoms with Crippen LogP contribution in [0.25, 0.3) is 0 Å². The van der Waals surface area contributed by atoms with Gasteiger partial charge in [-0.05, 0) is 17.7 Å². The predicted molar refractivity (Wildman–Crippen MR) is 77.0 cm³/mol. The molecule has 0 N–H and O–H groups in total. The van der Waals surface area contributed by atoms with Crippen LogP contribution in [-0.4, -0.2) is 11.6 Å². The summed E-state index contributed by atoms with van der Waals surface area (Å²) < 4.78 is 38.2. The van der Waals surface area contributed by atoms with Gasteiger partial charge in [-0.15, -0.1) is 0 Å². The van der Waals surface area contributed by atoms with Crippen molar-refractivity contribution in [3.63, 3.8) is 0 Å². The van der Waals surface area contributed by atoms with E-state index >= 15 is 0 Å². The SMILES string of the molecule is O=C1c2ccccc2C(=O)C1c1ccc(C(F)(F)F)cc1Br. The quantitative estimate of drug-likeness (QED) is 0.687. The largest absolute Gasteiger partial charge is 0.416 e. The molecule has 0 fully saturated rings.